The smallest absolute Gasteiger partial charge is 0.221 e. The van der Waals surface area contributed by atoms with Crippen LogP contribution in [0.4, 0.5) is 0 Å². The van der Waals surface area contributed by atoms with Gasteiger partial charge in [0.2, 0.25) is 5.91 Å². The van der Waals surface area contributed by atoms with Crippen molar-refractivity contribution in [3.63, 3.8) is 0 Å². The molecule has 2 unspecified atom stereocenters. The van der Waals surface area contributed by atoms with Crippen LogP contribution in [0.5, 0.6) is 0 Å². The molecule has 0 saturated heterocycles. The van der Waals surface area contributed by atoms with Gasteiger partial charge in [0.25, 0.3) is 0 Å². The van der Waals surface area contributed by atoms with Gasteiger partial charge in [0, 0.05) is 31.6 Å². The molecule has 4 nitrogen and oxygen atoms in total. The van der Waals surface area contributed by atoms with Crippen molar-refractivity contribution in [3.05, 3.63) is 0 Å². The van der Waals surface area contributed by atoms with Gasteiger partial charge >= 0.3 is 0 Å². The van der Waals surface area contributed by atoms with Gasteiger partial charge in [-0.1, -0.05) is 6.92 Å². The average Bonchev–Trinajstić information content (AvgIpc) is 2.24. The second kappa shape index (κ2) is 7.65. The van der Waals surface area contributed by atoms with Crippen molar-refractivity contribution in [2.45, 2.75) is 45.7 Å². The molecule has 0 aliphatic carbocycles. The molecule has 0 aliphatic rings. The first kappa shape index (κ1) is 14.4. The Morgan fingerprint density at radius 1 is 1.47 bits per heavy atom. The number of hydrogen-bond acceptors (Lipinski definition) is 3. The summed E-state index contributed by atoms with van der Waals surface area (Å²) in [6.07, 6.45) is 1.56. The summed E-state index contributed by atoms with van der Waals surface area (Å²) in [4.78, 5) is 13.6. The van der Waals surface area contributed by atoms with Crippen molar-refractivity contribution in [3.8, 4) is 0 Å². The molecule has 0 spiro atoms. The van der Waals surface area contributed by atoms with Gasteiger partial charge in [-0.25, -0.2) is 0 Å². The fourth-order valence-corrected chi connectivity index (χ4v) is 1.52. The first-order valence-corrected chi connectivity index (χ1v) is 5.75. The number of amides is 1. The van der Waals surface area contributed by atoms with E-state index in [0.717, 1.165) is 6.42 Å². The minimum Gasteiger partial charge on any atom is -0.356 e. The largest absolute Gasteiger partial charge is 0.356 e. The van der Waals surface area contributed by atoms with Crippen LogP contribution >= 0.6 is 0 Å². The summed E-state index contributed by atoms with van der Waals surface area (Å²) in [7, 11) is 2.03. The van der Waals surface area contributed by atoms with E-state index in [0.29, 0.717) is 25.6 Å². The molecule has 90 valence electrons. The number of carbonyl (C=O) groups excluding carboxylic acids is 1. The zero-order chi connectivity index (χ0) is 11.8. The lowest BCUT2D eigenvalue weighted by molar-refractivity contribution is -0.122. The van der Waals surface area contributed by atoms with Gasteiger partial charge in [-0.2, -0.15) is 0 Å². The van der Waals surface area contributed by atoms with Crippen LogP contribution in [-0.2, 0) is 4.79 Å². The van der Waals surface area contributed by atoms with Crippen LogP contribution in [0.15, 0.2) is 0 Å². The molecule has 0 saturated carbocycles. The monoisotopic (exact) mass is 215 g/mol. The van der Waals surface area contributed by atoms with Gasteiger partial charge in [0.15, 0.2) is 0 Å². The second-order valence-corrected chi connectivity index (χ2v) is 3.97. The number of likely N-dealkylation sites (N-methyl/N-ethyl adjacent to an activating group) is 1. The van der Waals surface area contributed by atoms with E-state index in [1.54, 1.807) is 0 Å². The maximum atomic E-state index is 11.4. The number of hydrogen-bond donors (Lipinski definition) is 2. The average molecular weight is 215 g/mol. The Hall–Kier alpha value is -0.610. The standard InChI is InChI=1S/C11H25N3O/c1-5-9(3)14(4)10(8-12)7-11(15)13-6-2/h9-10H,5-8,12H2,1-4H3,(H,13,15). The molecule has 0 radical (unpaired) electrons. The molecule has 0 rings (SSSR count). The normalized spacial score (nSPS) is 15.1. The zero-order valence-corrected chi connectivity index (χ0v) is 10.4. The molecular formula is C11H25N3O. The van der Waals surface area contributed by atoms with Gasteiger partial charge in [0.05, 0.1) is 0 Å². The molecule has 0 fully saturated rings. The molecule has 0 aliphatic heterocycles. The Kier molecular flexibility index (Phi) is 7.34. The van der Waals surface area contributed by atoms with Crippen LogP contribution in [0, 0.1) is 0 Å². The van der Waals surface area contributed by atoms with Crippen LogP contribution in [0.3, 0.4) is 0 Å². The molecule has 2 atom stereocenters. The third-order valence-electron chi connectivity index (χ3n) is 2.93. The number of carbonyl (C=O) groups is 1. The fourth-order valence-electron chi connectivity index (χ4n) is 1.52. The van der Waals surface area contributed by atoms with Crippen LogP contribution in [0.2, 0.25) is 0 Å². The Bertz CT molecular complexity index is 185. The van der Waals surface area contributed by atoms with Crippen molar-refractivity contribution in [2.75, 3.05) is 20.1 Å². The molecular weight excluding hydrogens is 190 g/mol. The highest BCUT2D eigenvalue weighted by Crippen LogP contribution is 2.08. The number of nitrogens with one attached hydrogen (secondary N) is 1. The molecule has 0 aromatic rings. The number of nitrogens with zero attached hydrogens (tertiary/aromatic N) is 1. The Morgan fingerprint density at radius 2 is 2.07 bits per heavy atom. The van der Waals surface area contributed by atoms with Crippen molar-refractivity contribution in [2.24, 2.45) is 5.73 Å². The molecule has 3 N–H and O–H groups in total. The summed E-state index contributed by atoms with van der Waals surface area (Å²) in [6, 6.07) is 0.611. The second-order valence-electron chi connectivity index (χ2n) is 3.97. The van der Waals surface area contributed by atoms with Crippen LogP contribution in [0.25, 0.3) is 0 Å². The minimum atomic E-state index is 0.0862. The summed E-state index contributed by atoms with van der Waals surface area (Å²) in [6.45, 7) is 7.43. The summed E-state index contributed by atoms with van der Waals surface area (Å²) in [5.41, 5.74) is 5.69. The van der Waals surface area contributed by atoms with Crippen molar-refractivity contribution < 1.29 is 4.79 Å². The zero-order valence-electron chi connectivity index (χ0n) is 10.4. The summed E-state index contributed by atoms with van der Waals surface area (Å²) >= 11 is 0. The lowest BCUT2D eigenvalue weighted by atomic mass is 10.1. The third-order valence-corrected chi connectivity index (χ3v) is 2.93. The Labute approximate surface area is 93.2 Å². The van der Waals surface area contributed by atoms with Crippen molar-refractivity contribution in [1.29, 1.82) is 0 Å². The van der Waals surface area contributed by atoms with Crippen LogP contribution < -0.4 is 11.1 Å². The lowest BCUT2D eigenvalue weighted by Crippen LogP contribution is -2.45. The highest BCUT2D eigenvalue weighted by Gasteiger charge is 2.19. The Morgan fingerprint density at radius 3 is 2.47 bits per heavy atom. The van der Waals surface area contributed by atoms with Crippen LogP contribution in [-0.4, -0.2) is 43.0 Å². The van der Waals surface area contributed by atoms with Gasteiger partial charge in [-0.3, -0.25) is 9.69 Å². The minimum absolute atomic E-state index is 0.0862. The van der Waals surface area contributed by atoms with Crippen molar-refractivity contribution in [1.82, 2.24) is 10.2 Å². The first-order valence-electron chi connectivity index (χ1n) is 5.75. The predicted octanol–water partition coefficient (Wildman–Crippen LogP) is 0.570. The molecule has 4 heteroatoms. The number of nitrogens with two attached hydrogens (primary N) is 1. The topological polar surface area (TPSA) is 58.4 Å². The lowest BCUT2D eigenvalue weighted by Gasteiger charge is -2.31. The summed E-state index contributed by atoms with van der Waals surface area (Å²) in [5, 5.41) is 2.80. The highest BCUT2D eigenvalue weighted by molar-refractivity contribution is 5.76. The van der Waals surface area contributed by atoms with Gasteiger partial charge in [-0.15, -0.1) is 0 Å². The van der Waals surface area contributed by atoms with E-state index in [1.807, 2.05) is 14.0 Å². The molecule has 0 heterocycles. The molecule has 0 bridgehead atoms. The Balaban J connectivity index is 4.17. The van der Waals surface area contributed by atoms with E-state index in [-0.39, 0.29) is 11.9 Å². The van der Waals surface area contributed by atoms with E-state index in [1.165, 1.54) is 0 Å². The predicted molar refractivity (Wildman–Crippen MR) is 63.7 cm³/mol. The first-order chi connectivity index (χ1) is 7.06. The number of rotatable bonds is 7. The van der Waals surface area contributed by atoms with E-state index < -0.39 is 0 Å². The summed E-state index contributed by atoms with van der Waals surface area (Å²) in [5.74, 6) is 0.0862. The van der Waals surface area contributed by atoms with Crippen molar-refractivity contribution >= 4 is 5.91 Å². The molecule has 0 aromatic carbocycles. The van der Waals surface area contributed by atoms with Crippen LogP contribution in [0.1, 0.15) is 33.6 Å². The SMILES string of the molecule is CCNC(=O)CC(CN)N(C)C(C)CC. The fraction of sp³-hybridized carbons (Fsp3) is 0.909. The van der Waals surface area contributed by atoms with E-state index in [2.05, 4.69) is 24.1 Å². The van der Waals surface area contributed by atoms with E-state index >= 15 is 0 Å². The van der Waals surface area contributed by atoms with Gasteiger partial charge < -0.3 is 11.1 Å². The highest BCUT2D eigenvalue weighted by atomic mass is 16.1. The quantitative estimate of drug-likeness (QED) is 0.653. The van der Waals surface area contributed by atoms with E-state index in [4.69, 9.17) is 5.73 Å². The maximum absolute atomic E-state index is 11.4. The molecule has 1 amide bonds. The molecule has 0 aromatic heterocycles. The molecule has 15 heavy (non-hydrogen) atoms. The maximum Gasteiger partial charge on any atom is 0.221 e. The van der Waals surface area contributed by atoms with Gasteiger partial charge in [0.1, 0.15) is 0 Å². The third kappa shape index (κ3) is 5.14. The van der Waals surface area contributed by atoms with Gasteiger partial charge in [-0.05, 0) is 27.3 Å². The summed E-state index contributed by atoms with van der Waals surface area (Å²) < 4.78 is 0. The van der Waals surface area contributed by atoms with E-state index in [9.17, 15) is 4.79 Å².